The lowest BCUT2D eigenvalue weighted by atomic mass is 10.1. The standard InChI is InChI=1S/C17H14N4O2S/c22-21(23)12-5-6-15-16(9-12)24-17(20-15)18-8-7-11-10-19-14-4-2-1-3-13(11)14/h1-6,9-10,19H,7-8H2,(H,18,20). The zero-order valence-electron chi connectivity index (χ0n) is 12.7. The highest BCUT2D eigenvalue weighted by atomic mass is 32.1. The largest absolute Gasteiger partial charge is 0.361 e. The van der Waals surface area contributed by atoms with Crippen molar-refractivity contribution in [1.29, 1.82) is 0 Å². The molecule has 0 radical (unpaired) electrons. The fraction of sp³-hybridized carbons (Fsp3) is 0.118. The Bertz CT molecular complexity index is 1040. The first-order chi connectivity index (χ1) is 11.7. The van der Waals surface area contributed by atoms with E-state index >= 15 is 0 Å². The van der Waals surface area contributed by atoms with E-state index in [4.69, 9.17) is 0 Å². The Balaban J connectivity index is 1.47. The molecule has 6 nitrogen and oxygen atoms in total. The molecule has 2 heterocycles. The number of para-hydroxylation sites is 1. The van der Waals surface area contributed by atoms with Crippen molar-refractivity contribution in [2.75, 3.05) is 11.9 Å². The normalized spacial score (nSPS) is 11.2. The first kappa shape index (κ1) is 14.6. The van der Waals surface area contributed by atoms with Gasteiger partial charge in [0.1, 0.15) is 0 Å². The Morgan fingerprint density at radius 3 is 3.00 bits per heavy atom. The molecule has 2 aromatic carbocycles. The average Bonchev–Trinajstić information content (AvgIpc) is 3.18. The van der Waals surface area contributed by atoms with Gasteiger partial charge in [-0.05, 0) is 24.1 Å². The maximum atomic E-state index is 10.8. The number of thiazole rings is 1. The van der Waals surface area contributed by atoms with Gasteiger partial charge < -0.3 is 10.3 Å². The molecule has 7 heteroatoms. The molecule has 2 N–H and O–H groups in total. The van der Waals surface area contributed by atoms with Gasteiger partial charge in [0.25, 0.3) is 5.69 Å². The number of non-ortho nitro benzene ring substituents is 1. The third-order valence-electron chi connectivity index (χ3n) is 3.93. The monoisotopic (exact) mass is 338 g/mol. The number of aromatic nitrogens is 2. The second-order valence-electron chi connectivity index (χ2n) is 5.46. The maximum Gasteiger partial charge on any atom is 0.270 e. The predicted octanol–water partition coefficient (Wildman–Crippen LogP) is 4.34. The second kappa shape index (κ2) is 5.93. The minimum atomic E-state index is -0.386. The number of hydrogen-bond donors (Lipinski definition) is 2. The van der Waals surface area contributed by atoms with Crippen molar-refractivity contribution < 1.29 is 4.92 Å². The number of H-pyrrole nitrogens is 1. The highest BCUT2D eigenvalue weighted by Crippen LogP contribution is 2.29. The van der Waals surface area contributed by atoms with E-state index in [1.807, 2.05) is 18.3 Å². The zero-order chi connectivity index (χ0) is 16.5. The van der Waals surface area contributed by atoms with Crippen LogP contribution in [0.25, 0.3) is 21.1 Å². The topological polar surface area (TPSA) is 83.8 Å². The quantitative estimate of drug-likeness (QED) is 0.419. The minimum Gasteiger partial charge on any atom is -0.361 e. The Morgan fingerprint density at radius 2 is 2.12 bits per heavy atom. The van der Waals surface area contributed by atoms with Crippen LogP contribution in [-0.2, 0) is 6.42 Å². The molecule has 0 saturated heterocycles. The van der Waals surface area contributed by atoms with Crippen LogP contribution in [0.2, 0.25) is 0 Å². The van der Waals surface area contributed by atoms with E-state index in [9.17, 15) is 10.1 Å². The Kier molecular flexibility index (Phi) is 3.62. The molecule has 4 aromatic rings. The third-order valence-corrected chi connectivity index (χ3v) is 4.90. The summed E-state index contributed by atoms with van der Waals surface area (Å²) in [5.74, 6) is 0. The van der Waals surface area contributed by atoms with Crippen molar-refractivity contribution >= 4 is 43.3 Å². The smallest absolute Gasteiger partial charge is 0.270 e. The number of nitro benzene ring substituents is 1. The molecular weight excluding hydrogens is 324 g/mol. The van der Waals surface area contributed by atoms with E-state index in [0.717, 1.165) is 33.8 Å². The van der Waals surface area contributed by atoms with E-state index in [1.165, 1.54) is 28.4 Å². The summed E-state index contributed by atoms with van der Waals surface area (Å²) in [5, 5.41) is 16.2. The summed E-state index contributed by atoms with van der Waals surface area (Å²) in [6.07, 6.45) is 2.91. The fourth-order valence-corrected chi connectivity index (χ4v) is 3.67. The molecule has 0 unspecified atom stereocenters. The molecule has 0 aliphatic heterocycles. The number of nitro groups is 1. The molecule has 0 bridgehead atoms. The molecule has 0 atom stereocenters. The van der Waals surface area contributed by atoms with Crippen molar-refractivity contribution in [2.24, 2.45) is 0 Å². The van der Waals surface area contributed by atoms with Crippen LogP contribution in [0.4, 0.5) is 10.8 Å². The number of fused-ring (bicyclic) bond motifs is 2. The van der Waals surface area contributed by atoms with Crippen molar-refractivity contribution in [1.82, 2.24) is 9.97 Å². The van der Waals surface area contributed by atoms with Crippen LogP contribution < -0.4 is 5.32 Å². The first-order valence-electron chi connectivity index (χ1n) is 7.54. The Labute approximate surface area is 141 Å². The van der Waals surface area contributed by atoms with Crippen LogP contribution in [0.1, 0.15) is 5.56 Å². The van der Waals surface area contributed by atoms with Gasteiger partial charge in [0.2, 0.25) is 0 Å². The summed E-state index contributed by atoms with van der Waals surface area (Å²) < 4.78 is 0.818. The number of rotatable bonds is 5. The fourth-order valence-electron chi connectivity index (χ4n) is 2.75. The summed E-state index contributed by atoms with van der Waals surface area (Å²) in [6, 6.07) is 13.0. The van der Waals surface area contributed by atoms with Crippen LogP contribution in [-0.4, -0.2) is 21.4 Å². The van der Waals surface area contributed by atoms with E-state index in [-0.39, 0.29) is 10.6 Å². The number of hydrogen-bond acceptors (Lipinski definition) is 5. The number of nitrogens with zero attached hydrogens (tertiary/aromatic N) is 2. The molecule has 4 rings (SSSR count). The third kappa shape index (κ3) is 2.69. The molecule has 0 aliphatic rings. The molecule has 0 aliphatic carbocycles. The van der Waals surface area contributed by atoms with E-state index in [2.05, 4.69) is 27.4 Å². The number of benzene rings is 2. The summed E-state index contributed by atoms with van der Waals surface area (Å²) in [6.45, 7) is 0.754. The second-order valence-corrected chi connectivity index (χ2v) is 6.50. The molecule has 0 saturated carbocycles. The molecule has 24 heavy (non-hydrogen) atoms. The average molecular weight is 338 g/mol. The maximum absolute atomic E-state index is 10.8. The van der Waals surface area contributed by atoms with Crippen LogP contribution in [0.15, 0.2) is 48.7 Å². The number of anilines is 1. The van der Waals surface area contributed by atoms with Gasteiger partial charge in [-0.3, -0.25) is 10.1 Å². The Hall–Kier alpha value is -2.93. The number of aromatic amines is 1. The van der Waals surface area contributed by atoms with Gasteiger partial charge in [0, 0.05) is 35.8 Å². The highest BCUT2D eigenvalue weighted by molar-refractivity contribution is 7.22. The van der Waals surface area contributed by atoms with E-state index in [1.54, 1.807) is 12.1 Å². The van der Waals surface area contributed by atoms with Crippen LogP contribution in [0.5, 0.6) is 0 Å². The summed E-state index contributed by atoms with van der Waals surface area (Å²) in [5.41, 5.74) is 3.27. The summed E-state index contributed by atoms with van der Waals surface area (Å²) >= 11 is 1.44. The summed E-state index contributed by atoms with van der Waals surface area (Å²) in [4.78, 5) is 18.2. The van der Waals surface area contributed by atoms with E-state index in [0.29, 0.717) is 0 Å². The lowest BCUT2D eigenvalue weighted by molar-refractivity contribution is -0.384. The molecule has 0 amide bonds. The lowest BCUT2D eigenvalue weighted by Gasteiger charge is -2.01. The van der Waals surface area contributed by atoms with Crippen molar-refractivity contribution in [3.8, 4) is 0 Å². The van der Waals surface area contributed by atoms with Crippen molar-refractivity contribution in [3.05, 3.63) is 64.3 Å². The van der Waals surface area contributed by atoms with Gasteiger partial charge in [-0.25, -0.2) is 4.98 Å². The molecule has 2 aromatic heterocycles. The van der Waals surface area contributed by atoms with Crippen LogP contribution in [0, 0.1) is 10.1 Å². The van der Waals surface area contributed by atoms with Gasteiger partial charge in [-0.15, -0.1) is 0 Å². The van der Waals surface area contributed by atoms with Crippen LogP contribution >= 0.6 is 11.3 Å². The van der Waals surface area contributed by atoms with E-state index < -0.39 is 0 Å². The Morgan fingerprint density at radius 1 is 1.25 bits per heavy atom. The summed E-state index contributed by atoms with van der Waals surface area (Å²) in [7, 11) is 0. The van der Waals surface area contributed by atoms with Gasteiger partial charge >= 0.3 is 0 Å². The first-order valence-corrected chi connectivity index (χ1v) is 8.36. The highest BCUT2D eigenvalue weighted by Gasteiger charge is 2.10. The number of nitrogens with one attached hydrogen (secondary N) is 2. The minimum absolute atomic E-state index is 0.0940. The molecule has 0 spiro atoms. The predicted molar refractivity (Wildman–Crippen MR) is 96.8 cm³/mol. The van der Waals surface area contributed by atoms with Gasteiger partial charge in [-0.1, -0.05) is 29.5 Å². The van der Waals surface area contributed by atoms with Gasteiger partial charge in [-0.2, -0.15) is 0 Å². The van der Waals surface area contributed by atoms with Crippen molar-refractivity contribution in [2.45, 2.75) is 6.42 Å². The molecule has 120 valence electrons. The molecular formula is C17H14N4O2S. The van der Waals surface area contributed by atoms with Crippen LogP contribution in [0.3, 0.4) is 0 Å². The van der Waals surface area contributed by atoms with Crippen molar-refractivity contribution in [3.63, 3.8) is 0 Å². The van der Waals surface area contributed by atoms with Gasteiger partial charge in [0.05, 0.1) is 15.1 Å². The lowest BCUT2D eigenvalue weighted by Crippen LogP contribution is -2.03. The zero-order valence-corrected chi connectivity index (χ0v) is 13.5. The van der Waals surface area contributed by atoms with Gasteiger partial charge in [0.15, 0.2) is 5.13 Å². The SMILES string of the molecule is O=[N+]([O-])c1ccc2nc(NCCc3c[nH]c4ccccc34)sc2c1. The molecule has 0 fully saturated rings.